The summed E-state index contributed by atoms with van der Waals surface area (Å²) in [5.74, 6) is 6.11. The summed E-state index contributed by atoms with van der Waals surface area (Å²) in [6.45, 7) is 0. The number of hydrogen-bond acceptors (Lipinski definition) is 5. The van der Waals surface area contributed by atoms with E-state index in [0.29, 0.717) is 17.2 Å². The van der Waals surface area contributed by atoms with Crippen molar-refractivity contribution in [1.82, 2.24) is 5.43 Å². The normalized spacial score (nSPS) is 10.2. The molecular weight excluding hydrogens is 236 g/mol. The number of hydrazine groups is 1. The molecule has 0 aliphatic carbocycles. The quantitative estimate of drug-likeness (QED) is 0.349. The van der Waals surface area contributed by atoms with E-state index in [0.717, 1.165) is 5.56 Å². The highest BCUT2D eigenvalue weighted by molar-refractivity contribution is 5.91. The van der Waals surface area contributed by atoms with Crippen LogP contribution in [0.5, 0.6) is 17.2 Å². The summed E-state index contributed by atoms with van der Waals surface area (Å²) in [5.41, 5.74) is 2.73. The van der Waals surface area contributed by atoms with Crippen LogP contribution in [0.3, 0.4) is 0 Å². The summed E-state index contributed by atoms with van der Waals surface area (Å²) >= 11 is 0. The van der Waals surface area contributed by atoms with Crippen molar-refractivity contribution in [3.8, 4) is 17.2 Å². The maximum atomic E-state index is 11.0. The molecule has 0 aromatic heterocycles. The number of hydrogen-bond donors (Lipinski definition) is 2. The molecule has 0 radical (unpaired) electrons. The van der Waals surface area contributed by atoms with Crippen LogP contribution in [0.1, 0.15) is 5.56 Å². The molecule has 1 aromatic rings. The minimum absolute atomic E-state index is 0.399. The van der Waals surface area contributed by atoms with Gasteiger partial charge in [-0.2, -0.15) is 0 Å². The average Bonchev–Trinajstić information content (AvgIpc) is 2.43. The molecule has 0 atom stereocenters. The van der Waals surface area contributed by atoms with Gasteiger partial charge in [0.2, 0.25) is 5.75 Å². The van der Waals surface area contributed by atoms with Gasteiger partial charge in [0, 0.05) is 6.08 Å². The summed E-state index contributed by atoms with van der Waals surface area (Å²) in [5, 5.41) is 0. The van der Waals surface area contributed by atoms with E-state index in [1.165, 1.54) is 27.4 Å². The largest absolute Gasteiger partial charge is 0.493 e. The van der Waals surface area contributed by atoms with Crippen LogP contribution < -0.4 is 25.5 Å². The van der Waals surface area contributed by atoms with Crippen LogP contribution in [0, 0.1) is 0 Å². The molecule has 6 heteroatoms. The van der Waals surface area contributed by atoms with Gasteiger partial charge in [-0.05, 0) is 23.8 Å². The Hall–Kier alpha value is -2.21. The zero-order chi connectivity index (χ0) is 13.5. The first-order valence-corrected chi connectivity index (χ1v) is 5.15. The Labute approximate surface area is 105 Å². The van der Waals surface area contributed by atoms with Crippen LogP contribution in [-0.4, -0.2) is 27.2 Å². The SMILES string of the molecule is COc1cc(C=CC(=O)NN)cc(OC)c1OC. The molecule has 0 aliphatic heterocycles. The van der Waals surface area contributed by atoms with Crippen LogP contribution >= 0.6 is 0 Å². The fraction of sp³-hybridized carbons (Fsp3) is 0.250. The second-order valence-electron chi connectivity index (χ2n) is 3.30. The average molecular weight is 252 g/mol. The lowest BCUT2D eigenvalue weighted by atomic mass is 10.1. The van der Waals surface area contributed by atoms with Crippen molar-refractivity contribution in [2.45, 2.75) is 0 Å². The van der Waals surface area contributed by atoms with Crippen LogP contribution in [0.15, 0.2) is 18.2 Å². The minimum atomic E-state index is -0.399. The van der Waals surface area contributed by atoms with Crippen LogP contribution in [0.25, 0.3) is 6.08 Å². The van der Waals surface area contributed by atoms with E-state index in [9.17, 15) is 4.79 Å². The van der Waals surface area contributed by atoms with Crippen LogP contribution in [0.2, 0.25) is 0 Å². The molecule has 0 heterocycles. The monoisotopic (exact) mass is 252 g/mol. The number of ether oxygens (including phenoxy) is 3. The smallest absolute Gasteiger partial charge is 0.257 e. The van der Waals surface area contributed by atoms with Crippen molar-refractivity contribution in [1.29, 1.82) is 0 Å². The topological polar surface area (TPSA) is 82.8 Å². The summed E-state index contributed by atoms with van der Waals surface area (Å²) in [7, 11) is 4.58. The van der Waals surface area contributed by atoms with Gasteiger partial charge >= 0.3 is 0 Å². The molecular formula is C12H16N2O4. The van der Waals surface area contributed by atoms with Crippen molar-refractivity contribution in [2.75, 3.05) is 21.3 Å². The van der Waals surface area contributed by atoms with E-state index >= 15 is 0 Å². The van der Waals surface area contributed by atoms with Gasteiger partial charge in [0.1, 0.15) is 0 Å². The van der Waals surface area contributed by atoms with Gasteiger partial charge in [0.05, 0.1) is 21.3 Å². The van der Waals surface area contributed by atoms with Gasteiger partial charge in [-0.3, -0.25) is 10.2 Å². The fourth-order valence-corrected chi connectivity index (χ4v) is 1.42. The number of rotatable bonds is 5. The lowest BCUT2D eigenvalue weighted by Crippen LogP contribution is -2.27. The second-order valence-corrected chi connectivity index (χ2v) is 3.30. The predicted octanol–water partition coefficient (Wildman–Crippen LogP) is 0.715. The van der Waals surface area contributed by atoms with Gasteiger partial charge in [-0.25, -0.2) is 5.84 Å². The summed E-state index contributed by atoms with van der Waals surface area (Å²) < 4.78 is 15.6. The first kappa shape index (κ1) is 13.9. The van der Waals surface area contributed by atoms with Crippen LogP contribution in [0.4, 0.5) is 0 Å². The van der Waals surface area contributed by atoms with E-state index in [-0.39, 0.29) is 0 Å². The standard InChI is InChI=1S/C12H16N2O4/c1-16-9-6-8(4-5-11(15)14-13)7-10(17-2)12(9)18-3/h4-7H,13H2,1-3H3,(H,14,15). The Morgan fingerprint density at radius 2 is 1.72 bits per heavy atom. The molecule has 0 bridgehead atoms. The highest BCUT2D eigenvalue weighted by atomic mass is 16.5. The first-order chi connectivity index (χ1) is 8.65. The lowest BCUT2D eigenvalue weighted by Gasteiger charge is -2.12. The highest BCUT2D eigenvalue weighted by Gasteiger charge is 2.11. The molecule has 3 N–H and O–H groups in total. The van der Waals surface area contributed by atoms with Gasteiger partial charge in [-0.1, -0.05) is 0 Å². The lowest BCUT2D eigenvalue weighted by molar-refractivity contribution is -0.116. The van der Waals surface area contributed by atoms with E-state index < -0.39 is 5.91 Å². The maximum Gasteiger partial charge on any atom is 0.257 e. The number of amides is 1. The summed E-state index contributed by atoms with van der Waals surface area (Å²) in [6, 6.07) is 3.45. The third-order valence-corrected chi connectivity index (χ3v) is 2.26. The number of benzene rings is 1. The van der Waals surface area contributed by atoms with E-state index in [2.05, 4.69) is 0 Å². The van der Waals surface area contributed by atoms with E-state index in [1.54, 1.807) is 18.2 Å². The molecule has 0 unspecified atom stereocenters. The van der Waals surface area contributed by atoms with Crippen molar-refractivity contribution < 1.29 is 19.0 Å². The number of nitrogens with one attached hydrogen (secondary N) is 1. The molecule has 0 spiro atoms. The van der Waals surface area contributed by atoms with Crippen molar-refractivity contribution >= 4 is 12.0 Å². The predicted molar refractivity (Wildman–Crippen MR) is 67.5 cm³/mol. The highest BCUT2D eigenvalue weighted by Crippen LogP contribution is 2.38. The zero-order valence-electron chi connectivity index (χ0n) is 10.5. The van der Waals surface area contributed by atoms with Gasteiger partial charge in [-0.15, -0.1) is 0 Å². The number of carbonyl (C=O) groups excluding carboxylic acids is 1. The second kappa shape index (κ2) is 6.51. The van der Waals surface area contributed by atoms with E-state index in [1.807, 2.05) is 5.43 Å². The summed E-state index contributed by atoms with van der Waals surface area (Å²) in [6.07, 6.45) is 2.90. The van der Waals surface area contributed by atoms with Gasteiger partial charge in [0.15, 0.2) is 11.5 Å². The van der Waals surface area contributed by atoms with Crippen LogP contribution in [-0.2, 0) is 4.79 Å². The van der Waals surface area contributed by atoms with Gasteiger partial charge < -0.3 is 14.2 Å². The fourth-order valence-electron chi connectivity index (χ4n) is 1.42. The van der Waals surface area contributed by atoms with Crippen molar-refractivity contribution in [2.24, 2.45) is 5.84 Å². The molecule has 0 fully saturated rings. The number of carbonyl (C=O) groups is 1. The summed E-state index contributed by atoms with van der Waals surface area (Å²) in [4.78, 5) is 11.0. The molecule has 1 amide bonds. The maximum absolute atomic E-state index is 11.0. The molecule has 6 nitrogen and oxygen atoms in total. The van der Waals surface area contributed by atoms with Crippen molar-refractivity contribution in [3.05, 3.63) is 23.8 Å². The molecule has 1 aromatic carbocycles. The Kier molecular flexibility index (Phi) is 5.01. The number of nitrogens with two attached hydrogens (primary N) is 1. The molecule has 0 saturated heterocycles. The molecule has 98 valence electrons. The Morgan fingerprint density at radius 3 is 2.11 bits per heavy atom. The Morgan fingerprint density at radius 1 is 1.17 bits per heavy atom. The Balaban J connectivity index is 3.15. The first-order valence-electron chi connectivity index (χ1n) is 5.15. The third kappa shape index (κ3) is 3.14. The molecule has 18 heavy (non-hydrogen) atoms. The molecule has 1 rings (SSSR count). The van der Waals surface area contributed by atoms with Crippen molar-refractivity contribution in [3.63, 3.8) is 0 Å². The Bertz CT molecular complexity index is 432. The molecule has 0 aliphatic rings. The zero-order valence-corrected chi connectivity index (χ0v) is 10.5. The minimum Gasteiger partial charge on any atom is -0.493 e. The third-order valence-electron chi connectivity index (χ3n) is 2.26. The van der Waals surface area contributed by atoms with Gasteiger partial charge in [0.25, 0.3) is 5.91 Å². The molecule has 0 saturated carbocycles. The van der Waals surface area contributed by atoms with E-state index in [4.69, 9.17) is 20.1 Å². The number of methoxy groups -OCH3 is 3.